The minimum atomic E-state index is -4.75. The molecular formula is C29H27F4NO3S. The van der Waals surface area contributed by atoms with Gasteiger partial charge in [0.2, 0.25) is 0 Å². The number of thioether (sulfide) groups is 1. The molecule has 9 heteroatoms. The van der Waals surface area contributed by atoms with Crippen molar-refractivity contribution in [3.63, 3.8) is 0 Å². The van der Waals surface area contributed by atoms with Crippen molar-refractivity contribution in [1.29, 1.82) is 0 Å². The number of rotatable bonds is 8. The Morgan fingerprint density at radius 1 is 0.947 bits per heavy atom. The second-order valence-corrected chi connectivity index (χ2v) is 10.3. The third-order valence-corrected chi connectivity index (χ3v) is 7.71. The van der Waals surface area contributed by atoms with Crippen LogP contribution in [0.1, 0.15) is 29.5 Å². The van der Waals surface area contributed by atoms with Gasteiger partial charge in [-0.3, -0.25) is 9.29 Å². The smallest absolute Gasteiger partial charge is 0.508 e. The van der Waals surface area contributed by atoms with Crippen molar-refractivity contribution in [2.24, 2.45) is 0 Å². The SMILES string of the molecule is Oc1ccc2c(c1)SCC(c1ccc(OC(F)(F)F)cc1)=C2c1ccc(OC2CCN(CCCF)C2)cc1. The zero-order valence-corrected chi connectivity index (χ0v) is 21.3. The van der Waals surface area contributed by atoms with Gasteiger partial charge in [-0.25, -0.2) is 0 Å². The molecule has 1 fully saturated rings. The molecule has 3 aromatic rings. The number of likely N-dealkylation sites (tertiary alicyclic amines) is 1. The van der Waals surface area contributed by atoms with Crippen molar-refractivity contribution in [3.8, 4) is 17.2 Å². The number of benzene rings is 3. The van der Waals surface area contributed by atoms with E-state index in [9.17, 15) is 22.7 Å². The fourth-order valence-electron chi connectivity index (χ4n) is 4.91. The van der Waals surface area contributed by atoms with E-state index >= 15 is 0 Å². The third-order valence-electron chi connectivity index (χ3n) is 6.63. The molecule has 0 bridgehead atoms. The van der Waals surface area contributed by atoms with Crippen molar-refractivity contribution in [3.05, 3.63) is 83.4 Å². The summed E-state index contributed by atoms with van der Waals surface area (Å²) in [4.78, 5) is 3.15. The van der Waals surface area contributed by atoms with E-state index in [2.05, 4.69) is 9.64 Å². The summed E-state index contributed by atoms with van der Waals surface area (Å²) in [6, 6.07) is 18.9. The van der Waals surface area contributed by atoms with Crippen molar-refractivity contribution in [2.75, 3.05) is 32.1 Å². The van der Waals surface area contributed by atoms with Crippen LogP contribution in [0.2, 0.25) is 0 Å². The van der Waals surface area contributed by atoms with Crippen LogP contribution >= 0.6 is 11.8 Å². The van der Waals surface area contributed by atoms with Crippen LogP contribution in [0.3, 0.4) is 0 Å². The van der Waals surface area contributed by atoms with E-state index in [1.54, 1.807) is 36.0 Å². The Labute approximate surface area is 222 Å². The lowest BCUT2D eigenvalue weighted by molar-refractivity contribution is -0.274. The van der Waals surface area contributed by atoms with Crippen LogP contribution in [0.5, 0.6) is 17.2 Å². The van der Waals surface area contributed by atoms with E-state index < -0.39 is 6.36 Å². The summed E-state index contributed by atoms with van der Waals surface area (Å²) in [5.74, 6) is 1.24. The van der Waals surface area contributed by atoms with E-state index in [-0.39, 0.29) is 24.3 Å². The highest BCUT2D eigenvalue weighted by molar-refractivity contribution is 7.99. The van der Waals surface area contributed by atoms with Gasteiger partial charge in [-0.2, -0.15) is 0 Å². The molecule has 0 spiro atoms. The van der Waals surface area contributed by atoms with Gasteiger partial charge < -0.3 is 14.6 Å². The molecule has 3 aromatic carbocycles. The van der Waals surface area contributed by atoms with Crippen molar-refractivity contribution in [2.45, 2.75) is 30.2 Å². The molecule has 0 aromatic heterocycles. The first-order valence-corrected chi connectivity index (χ1v) is 13.4. The molecule has 1 saturated heterocycles. The summed E-state index contributed by atoms with van der Waals surface area (Å²) in [6.45, 7) is 2.10. The molecule has 5 rings (SSSR count). The van der Waals surface area contributed by atoms with Crippen LogP contribution < -0.4 is 9.47 Å². The number of fused-ring (bicyclic) bond motifs is 1. The molecule has 4 nitrogen and oxygen atoms in total. The van der Waals surface area contributed by atoms with Gasteiger partial charge in [0.15, 0.2) is 0 Å². The summed E-state index contributed by atoms with van der Waals surface area (Å²) in [7, 11) is 0. The van der Waals surface area contributed by atoms with Gasteiger partial charge in [0.1, 0.15) is 23.4 Å². The molecular weight excluding hydrogens is 518 g/mol. The van der Waals surface area contributed by atoms with Crippen LogP contribution in [-0.2, 0) is 0 Å². The van der Waals surface area contributed by atoms with E-state index in [1.807, 2.05) is 30.3 Å². The topological polar surface area (TPSA) is 41.9 Å². The van der Waals surface area contributed by atoms with E-state index in [4.69, 9.17) is 4.74 Å². The Morgan fingerprint density at radius 3 is 2.37 bits per heavy atom. The van der Waals surface area contributed by atoms with Crippen LogP contribution in [-0.4, -0.2) is 54.5 Å². The molecule has 38 heavy (non-hydrogen) atoms. The number of phenolic OH excluding ortho intramolecular Hbond substituents is 1. The van der Waals surface area contributed by atoms with Crippen molar-refractivity contribution < 1.29 is 32.1 Å². The molecule has 0 radical (unpaired) electrons. The largest absolute Gasteiger partial charge is 0.573 e. The Kier molecular flexibility index (Phi) is 7.85. The van der Waals surface area contributed by atoms with Gasteiger partial charge in [-0.05, 0) is 83.1 Å². The summed E-state index contributed by atoms with van der Waals surface area (Å²) in [5, 5.41) is 10.0. The molecule has 1 N–H and O–H groups in total. The van der Waals surface area contributed by atoms with Gasteiger partial charge in [-0.1, -0.05) is 24.3 Å². The molecule has 2 aliphatic rings. The third kappa shape index (κ3) is 6.27. The Balaban J connectivity index is 1.43. The molecule has 200 valence electrons. The molecule has 1 unspecified atom stereocenters. The predicted molar refractivity (Wildman–Crippen MR) is 140 cm³/mol. The number of aromatic hydroxyl groups is 1. The van der Waals surface area contributed by atoms with Gasteiger partial charge in [0.05, 0.1) is 6.67 Å². The molecule has 0 saturated carbocycles. The summed E-state index contributed by atoms with van der Waals surface area (Å²) < 4.78 is 60.6. The summed E-state index contributed by atoms with van der Waals surface area (Å²) >= 11 is 1.57. The predicted octanol–water partition coefficient (Wildman–Crippen LogP) is 7.17. The average Bonchev–Trinajstić information content (AvgIpc) is 3.34. The van der Waals surface area contributed by atoms with E-state index in [1.165, 1.54) is 12.1 Å². The first-order valence-electron chi connectivity index (χ1n) is 12.4. The molecule has 2 heterocycles. The number of hydrogen-bond acceptors (Lipinski definition) is 5. The maximum Gasteiger partial charge on any atom is 0.573 e. The minimum Gasteiger partial charge on any atom is -0.508 e. The van der Waals surface area contributed by atoms with E-state index in [0.717, 1.165) is 64.5 Å². The maximum atomic E-state index is 12.6. The number of halogens is 4. The van der Waals surface area contributed by atoms with E-state index in [0.29, 0.717) is 12.2 Å². The second kappa shape index (κ2) is 11.3. The van der Waals surface area contributed by atoms with Gasteiger partial charge in [0, 0.05) is 30.3 Å². The Hall–Kier alpha value is -3.17. The molecule has 2 aliphatic heterocycles. The van der Waals surface area contributed by atoms with Crippen LogP contribution in [0.15, 0.2) is 71.6 Å². The Bertz CT molecular complexity index is 1290. The molecule has 1 atom stereocenters. The molecule has 0 amide bonds. The highest BCUT2D eigenvalue weighted by Gasteiger charge is 2.31. The number of alkyl halides is 4. The number of hydrogen-bond donors (Lipinski definition) is 1. The lowest BCUT2D eigenvalue weighted by Crippen LogP contribution is -2.26. The summed E-state index contributed by atoms with van der Waals surface area (Å²) in [5.41, 5.74) is 4.59. The van der Waals surface area contributed by atoms with Gasteiger partial charge in [0.25, 0.3) is 0 Å². The maximum absolute atomic E-state index is 12.6. The zero-order chi connectivity index (χ0) is 26.7. The highest BCUT2D eigenvalue weighted by atomic mass is 32.2. The van der Waals surface area contributed by atoms with Gasteiger partial charge in [-0.15, -0.1) is 24.9 Å². The monoisotopic (exact) mass is 545 g/mol. The zero-order valence-electron chi connectivity index (χ0n) is 20.5. The molecule has 0 aliphatic carbocycles. The standard InChI is InChI=1S/C29H27F4NO3S/c30-13-1-14-34-15-12-24(17-34)36-22-7-4-20(5-8-22)28-25-11-6-21(35)16-27(25)38-18-26(28)19-2-9-23(10-3-19)37-29(31,32)33/h2-11,16,24,35H,1,12-15,17-18H2. The highest BCUT2D eigenvalue weighted by Crippen LogP contribution is 2.45. The second-order valence-electron chi connectivity index (χ2n) is 9.29. The Morgan fingerprint density at radius 2 is 1.66 bits per heavy atom. The average molecular weight is 546 g/mol. The van der Waals surface area contributed by atoms with Crippen molar-refractivity contribution in [1.82, 2.24) is 4.90 Å². The first kappa shape index (κ1) is 26.4. The number of nitrogens with zero attached hydrogens (tertiary/aromatic N) is 1. The van der Waals surface area contributed by atoms with Crippen LogP contribution in [0, 0.1) is 0 Å². The number of ether oxygens (including phenoxy) is 2. The quantitative estimate of drug-likeness (QED) is 0.304. The summed E-state index contributed by atoms with van der Waals surface area (Å²) in [6.07, 6.45) is -3.26. The van der Waals surface area contributed by atoms with Crippen LogP contribution in [0.4, 0.5) is 17.6 Å². The minimum absolute atomic E-state index is 0.0578. The fourth-order valence-corrected chi connectivity index (χ4v) is 6.05. The lowest BCUT2D eigenvalue weighted by Gasteiger charge is -2.24. The first-order chi connectivity index (χ1) is 18.3. The van der Waals surface area contributed by atoms with Gasteiger partial charge >= 0.3 is 6.36 Å². The lowest BCUT2D eigenvalue weighted by atomic mass is 9.89. The fraction of sp³-hybridized carbons (Fsp3) is 0.310. The van der Waals surface area contributed by atoms with Crippen LogP contribution in [0.25, 0.3) is 11.1 Å². The van der Waals surface area contributed by atoms with Crippen molar-refractivity contribution >= 4 is 22.9 Å². The number of phenols is 1. The normalized spacial score (nSPS) is 17.9.